The zero-order chi connectivity index (χ0) is 15.1. The van der Waals surface area contributed by atoms with Gasteiger partial charge in [-0.1, -0.05) is 36.4 Å². The molecule has 0 amide bonds. The lowest BCUT2D eigenvalue weighted by atomic mass is 9.92. The van der Waals surface area contributed by atoms with Crippen LogP contribution >= 0.6 is 0 Å². The molecule has 106 valence electrons. The molecule has 0 atom stereocenters. The molecule has 0 aliphatic heterocycles. The molecule has 2 aromatic carbocycles. The number of hydrogen-bond acceptors (Lipinski definition) is 0. The van der Waals surface area contributed by atoms with Crippen LogP contribution in [0.4, 0.5) is 0 Å². The molecule has 1 nitrogen and oxygen atoms in total. The maximum Gasteiger partial charge on any atom is 0.0503 e. The fourth-order valence-corrected chi connectivity index (χ4v) is 3.29. The van der Waals surface area contributed by atoms with Crippen molar-refractivity contribution >= 4 is 34.0 Å². The molecule has 1 aromatic heterocycles. The normalized spacial score (nSPS) is 11.8. The Balaban J connectivity index is 2.59. The monoisotopic (exact) mass is 275 g/mol. The first-order chi connectivity index (χ1) is 10.1. The summed E-state index contributed by atoms with van der Waals surface area (Å²) in [7, 11) is 0. The van der Waals surface area contributed by atoms with Crippen molar-refractivity contribution in [3.63, 3.8) is 0 Å². The van der Waals surface area contributed by atoms with Crippen LogP contribution in [0, 0.1) is 20.8 Å². The van der Waals surface area contributed by atoms with E-state index in [1.807, 2.05) is 6.08 Å². The fraction of sp³-hybridized carbons (Fsp3) is 0.200. The highest BCUT2D eigenvalue weighted by Gasteiger charge is 2.15. The first-order valence-electron chi connectivity index (χ1n) is 7.38. The van der Waals surface area contributed by atoms with Gasteiger partial charge in [-0.2, -0.15) is 0 Å². The highest BCUT2D eigenvalue weighted by atomic mass is 14.7. The smallest absolute Gasteiger partial charge is 0.0503 e. The third-order valence-corrected chi connectivity index (χ3v) is 4.34. The topological polar surface area (TPSA) is 15.8 Å². The summed E-state index contributed by atoms with van der Waals surface area (Å²) in [4.78, 5) is 3.60. The Bertz CT molecular complexity index is 891. The predicted octanol–water partition coefficient (Wildman–Crippen LogP) is 5.92. The Kier molecular flexibility index (Phi) is 3.21. The second-order valence-electron chi connectivity index (χ2n) is 5.71. The van der Waals surface area contributed by atoms with E-state index in [4.69, 9.17) is 0 Å². The van der Waals surface area contributed by atoms with Crippen molar-refractivity contribution < 1.29 is 0 Å². The number of H-pyrrole nitrogens is 1. The second-order valence-corrected chi connectivity index (χ2v) is 5.71. The lowest BCUT2D eigenvalue weighted by Gasteiger charge is -2.12. The Morgan fingerprint density at radius 3 is 2.48 bits per heavy atom. The Hall–Kier alpha value is -2.28. The molecular formula is C20H21N. The summed E-state index contributed by atoms with van der Waals surface area (Å²) >= 11 is 0. The van der Waals surface area contributed by atoms with Gasteiger partial charge in [-0.05, 0) is 62.1 Å². The van der Waals surface area contributed by atoms with Crippen molar-refractivity contribution in [2.24, 2.45) is 0 Å². The quantitative estimate of drug-likeness (QED) is 0.597. The number of benzene rings is 2. The van der Waals surface area contributed by atoms with Gasteiger partial charge in [0.2, 0.25) is 0 Å². The van der Waals surface area contributed by atoms with Crippen LogP contribution < -0.4 is 0 Å². The van der Waals surface area contributed by atoms with Gasteiger partial charge in [-0.25, -0.2) is 0 Å². The van der Waals surface area contributed by atoms with Gasteiger partial charge in [-0.3, -0.25) is 0 Å². The highest BCUT2D eigenvalue weighted by molar-refractivity contribution is 6.12. The van der Waals surface area contributed by atoms with Crippen molar-refractivity contribution in [3.05, 3.63) is 58.7 Å². The number of nitrogens with one attached hydrogen (secondary N) is 1. The summed E-state index contributed by atoms with van der Waals surface area (Å²) in [5.41, 5.74) is 8.83. The minimum atomic E-state index is 1.20. The molecule has 1 heterocycles. The summed E-state index contributed by atoms with van der Waals surface area (Å²) in [6, 6.07) is 6.60. The van der Waals surface area contributed by atoms with Gasteiger partial charge in [0.25, 0.3) is 0 Å². The zero-order valence-corrected chi connectivity index (χ0v) is 13.2. The summed E-state index contributed by atoms with van der Waals surface area (Å²) in [5.74, 6) is 0. The Morgan fingerprint density at radius 2 is 1.81 bits per heavy atom. The number of hydrogen-bond donors (Lipinski definition) is 1. The van der Waals surface area contributed by atoms with Crippen molar-refractivity contribution in [2.45, 2.75) is 27.7 Å². The molecule has 0 fully saturated rings. The number of aromatic amines is 1. The lowest BCUT2D eigenvalue weighted by molar-refractivity contribution is 1.38. The van der Waals surface area contributed by atoms with Gasteiger partial charge in [0.1, 0.15) is 0 Å². The van der Waals surface area contributed by atoms with E-state index < -0.39 is 0 Å². The van der Waals surface area contributed by atoms with E-state index in [2.05, 4.69) is 69.6 Å². The molecule has 0 aliphatic carbocycles. The van der Waals surface area contributed by atoms with Crippen LogP contribution in [0.5, 0.6) is 0 Å². The van der Waals surface area contributed by atoms with Crippen molar-refractivity contribution in [3.8, 4) is 0 Å². The number of allylic oxidation sites excluding steroid dienone is 1. The largest absolute Gasteiger partial charge is 0.354 e. The van der Waals surface area contributed by atoms with Crippen molar-refractivity contribution in [1.29, 1.82) is 0 Å². The van der Waals surface area contributed by atoms with E-state index in [0.29, 0.717) is 0 Å². The van der Waals surface area contributed by atoms with Crippen molar-refractivity contribution in [2.75, 3.05) is 0 Å². The zero-order valence-electron chi connectivity index (χ0n) is 13.2. The Morgan fingerprint density at radius 1 is 1.05 bits per heavy atom. The third kappa shape index (κ3) is 1.92. The van der Waals surface area contributed by atoms with E-state index in [-0.39, 0.29) is 0 Å². The van der Waals surface area contributed by atoms with E-state index in [1.54, 1.807) is 0 Å². The minimum Gasteiger partial charge on any atom is -0.354 e. The van der Waals surface area contributed by atoms with Crippen LogP contribution in [-0.4, -0.2) is 4.98 Å². The first-order valence-corrected chi connectivity index (χ1v) is 7.38. The summed E-state index contributed by atoms with van der Waals surface area (Å²) in [6.45, 7) is 12.6. The molecule has 0 saturated carbocycles. The number of aryl methyl sites for hydroxylation is 3. The van der Waals surface area contributed by atoms with Crippen LogP contribution in [-0.2, 0) is 0 Å². The van der Waals surface area contributed by atoms with Crippen LogP contribution in [0.15, 0.2) is 30.9 Å². The first kappa shape index (κ1) is 13.7. The molecule has 21 heavy (non-hydrogen) atoms. The maximum atomic E-state index is 4.02. The molecule has 0 bridgehead atoms. The van der Waals surface area contributed by atoms with E-state index in [1.165, 1.54) is 49.6 Å². The van der Waals surface area contributed by atoms with Gasteiger partial charge in [0.05, 0.1) is 5.52 Å². The molecule has 3 rings (SSSR count). The minimum absolute atomic E-state index is 1.20. The number of fused-ring (bicyclic) bond motifs is 3. The van der Waals surface area contributed by atoms with Gasteiger partial charge < -0.3 is 4.98 Å². The van der Waals surface area contributed by atoms with Gasteiger partial charge in [-0.15, -0.1) is 0 Å². The summed E-state index contributed by atoms with van der Waals surface area (Å²) in [6.07, 6.45) is 6.24. The second kappa shape index (κ2) is 4.92. The third-order valence-electron chi connectivity index (χ3n) is 4.34. The van der Waals surface area contributed by atoms with E-state index in [9.17, 15) is 0 Å². The predicted molar refractivity (Wildman–Crippen MR) is 94.8 cm³/mol. The van der Waals surface area contributed by atoms with Crippen molar-refractivity contribution in [1.82, 2.24) is 4.98 Å². The van der Waals surface area contributed by atoms with Gasteiger partial charge in [0, 0.05) is 16.3 Å². The molecule has 0 saturated heterocycles. The van der Waals surface area contributed by atoms with Gasteiger partial charge >= 0.3 is 0 Å². The summed E-state index contributed by atoms with van der Waals surface area (Å²) in [5, 5.41) is 2.63. The fourth-order valence-electron chi connectivity index (χ4n) is 3.29. The van der Waals surface area contributed by atoms with Crippen LogP contribution in [0.2, 0.25) is 0 Å². The molecule has 0 spiro atoms. The maximum absolute atomic E-state index is 4.02. The molecule has 0 unspecified atom stereocenters. The molecule has 0 aliphatic rings. The molecular weight excluding hydrogens is 254 g/mol. The number of rotatable bonds is 2. The van der Waals surface area contributed by atoms with E-state index >= 15 is 0 Å². The van der Waals surface area contributed by atoms with Crippen LogP contribution in [0.3, 0.4) is 0 Å². The molecule has 3 aromatic rings. The molecule has 1 heteroatoms. The lowest BCUT2D eigenvalue weighted by Crippen LogP contribution is -1.93. The molecule has 1 N–H and O–H groups in total. The van der Waals surface area contributed by atoms with E-state index in [0.717, 1.165) is 0 Å². The highest BCUT2D eigenvalue weighted by Crippen LogP contribution is 2.36. The molecule has 0 radical (unpaired) electrons. The van der Waals surface area contributed by atoms with Gasteiger partial charge in [0.15, 0.2) is 0 Å². The summed E-state index contributed by atoms with van der Waals surface area (Å²) < 4.78 is 0. The average molecular weight is 275 g/mol. The standard InChI is InChI=1S/C20H21N/c1-6-8-16-14(5)20-19(13(4)15(16)7-2)17-11-12(3)9-10-18(17)21-20/h6-11,21H,2H2,1,3-5H3/b8-6-. The van der Waals surface area contributed by atoms with Crippen LogP contribution in [0.1, 0.15) is 34.7 Å². The Labute approximate surface area is 126 Å². The average Bonchev–Trinajstić information content (AvgIpc) is 2.84. The van der Waals surface area contributed by atoms with Crippen LogP contribution in [0.25, 0.3) is 34.0 Å². The SMILES string of the molecule is C=Cc1c(/C=C\C)c(C)c2[nH]c3ccc(C)cc3c2c1C. The number of aromatic nitrogens is 1.